The Labute approximate surface area is 97.9 Å². The summed E-state index contributed by atoms with van der Waals surface area (Å²) in [5.41, 5.74) is 5.14. The van der Waals surface area contributed by atoms with Crippen LogP contribution in [0.2, 0.25) is 0 Å². The van der Waals surface area contributed by atoms with Gasteiger partial charge in [0.2, 0.25) is 0 Å². The minimum absolute atomic E-state index is 0.629. The van der Waals surface area contributed by atoms with E-state index < -0.39 is 0 Å². The number of rotatable bonds is 4. The maximum Gasteiger partial charge on any atom is 0.122 e. The number of methoxy groups -OCH3 is 1. The molecule has 0 aliphatic heterocycles. The first kappa shape index (κ1) is 12.6. The summed E-state index contributed by atoms with van der Waals surface area (Å²) in [6.45, 7) is 6.32. The van der Waals surface area contributed by atoms with Crippen molar-refractivity contribution in [1.82, 2.24) is 0 Å². The third kappa shape index (κ3) is 2.55. The Kier molecular flexibility index (Phi) is 4.37. The third-order valence-corrected chi connectivity index (χ3v) is 3.14. The molecule has 2 heteroatoms. The van der Waals surface area contributed by atoms with E-state index in [9.17, 15) is 0 Å². The molecule has 16 heavy (non-hydrogen) atoms. The molecule has 0 radical (unpaired) electrons. The normalized spacial score (nSPS) is 9.94. The van der Waals surface area contributed by atoms with E-state index in [4.69, 9.17) is 10.00 Å². The third-order valence-electron chi connectivity index (χ3n) is 3.14. The van der Waals surface area contributed by atoms with E-state index in [0.717, 1.165) is 18.6 Å². The molecule has 0 aliphatic rings. The van der Waals surface area contributed by atoms with E-state index in [1.165, 1.54) is 22.3 Å². The fourth-order valence-corrected chi connectivity index (χ4v) is 2.04. The van der Waals surface area contributed by atoms with Crippen LogP contribution in [0.1, 0.15) is 35.1 Å². The molecule has 0 N–H and O–H groups in total. The molecule has 0 unspecified atom stereocenters. The van der Waals surface area contributed by atoms with Gasteiger partial charge in [0.05, 0.1) is 13.2 Å². The number of hydrogen-bond donors (Lipinski definition) is 0. The maximum absolute atomic E-state index is 8.55. The lowest BCUT2D eigenvalue weighted by molar-refractivity contribution is 0.410. The standard InChI is InChI=1S/C14H19NO/c1-10-9-14(16-4)12(3)11(2)13(10)7-5-6-8-15/h9H,5-7H2,1-4H3. The fraction of sp³-hybridized carbons (Fsp3) is 0.500. The number of benzene rings is 1. The van der Waals surface area contributed by atoms with Gasteiger partial charge in [-0.05, 0) is 61.9 Å². The fourth-order valence-electron chi connectivity index (χ4n) is 2.04. The van der Waals surface area contributed by atoms with E-state index in [1.54, 1.807) is 7.11 Å². The minimum Gasteiger partial charge on any atom is -0.496 e. The van der Waals surface area contributed by atoms with Gasteiger partial charge in [-0.1, -0.05) is 0 Å². The van der Waals surface area contributed by atoms with Gasteiger partial charge < -0.3 is 4.74 Å². The van der Waals surface area contributed by atoms with Crippen molar-refractivity contribution in [3.63, 3.8) is 0 Å². The predicted molar refractivity (Wildman–Crippen MR) is 65.8 cm³/mol. The highest BCUT2D eigenvalue weighted by atomic mass is 16.5. The first-order valence-corrected chi connectivity index (χ1v) is 5.62. The molecule has 0 saturated heterocycles. The van der Waals surface area contributed by atoms with E-state index in [-0.39, 0.29) is 0 Å². The Hall–Kier alpha value is -1.49. The van der Waals surface area contributed by atoms with Gasteiger partial charge >= 0.3 is 0 Å². The molecule has 0 saturated carbocycles. The van der Waals surface area contributed by atoms with Gasteiger partial charge in [0, 0.05) is 6.42 Å². The minimum atomic E-state index is 0.629. The average molecular weight is 217 g/mol. The first-order chi connectivity index (χ1) is 7.61. The van der Waals surface area contributed by atoms with Crippen LogP contribution >= 0.6 is 0 Å². The van der Waals surface area contributed by atoms with Crippen molar-refractivity contribution in [2.24, 2.45) is 0 Å². The van der Waals surface area contributed by atoms with Crippen molar-refractivity contribution in [3.05, 3.63) is 28.3 Å². The summed E-state index contributed by atoms with van der Waals surface area (Å²) >= 11 is 0. The molecular weight excluding hydrogens is 198 g/mol. The monoisotopic (exact) mass is 217 g/mol. The van der Waals surface area contributed by atoms with Gasteiger partial charge in [0.25, 0.3) is 0 Å². The van der Waals surface area contributed by atoms with Crippen molar-refractivity contribution in [2.45, 2.75) is 40.0 Å². The summed E-state index contributed by atoms with van der Waals surface area (Å²) in [5.74, 6) is 0.957. The molecule has 0 aromatic heterocycles. The largest absolute Gasteiger partial charge is 0.496 e. The second-order valence-corrected chi connectivity index (χ2v) is 4.14. The molecule has 0 heterocycles. The first-order valence-electron chi connectivity index (χ1n) is 5.62. The molecule has 0 atom stereocenters. The summed E-state index contributed by atoms with van der Waals surface area (Å²) in [6, 6.07) is 4.28. The number of aryl methyl sites for hydroxylation is 1. The molecule has 0 amide bonds. The molecule has 86 valence electrons. The van der Waals surface area contributed by atoms with Crippen LogP contribution < -0.4 is 4.74 Å². The Bertz CT molecular complexity index is 416. The van der Waals surface area contributed by atoms with E-state index in [2.05, 4.69) is 32.9 Å². The topological polar surface area (TPSA) is 33.0 Å². The van der Waals surface area contributed by atoms with Crippen molar-refractivity contribution < 1.29 is 4.74 Å². The molecule has 0 fully saturated rings. The Morgan fingerprint density at radius 1 is 1.25 bits per heavy atom. The highest BCUT2D eigenvalue weighted by Crippen LogP contribution is 2.28. The molecule has 1 rings (SSSR count). The molecule has 1 aromatic carbocycles. The highest BCUT2D eigenvalue weighted by Gasteiger charge is 2.09. The van der Waals surface area contributed by atoms with Crippen LogP contribution in [0.5, 0.6) is 5.75 Å². The number of unbranched alkanes of at least 4 members (excludes halogenated alkanes) is 1. The second-order valence-electron chi connectivity index (χ2n) is 4.14. The molecule has 2 nitrogen and oxygen atoms in total. The number of hydrogen-bond acceptors (Lipinski definition) is 2. The second kappa shape index (κ2) is 5.55. The maximum atomic E-state index is 8.55. The van der Waals surface area contributed by atoms with Crippen molar-refractivity contribution in [1.29, 1.82) is 5.26 Å². The van der Waals surface area contributed by atoms with Gasteiger partial charge in [-0.15, -0.1) is 0 Å². The Balaban J connectivity index is 3.01. The summed E-state index contributed by atoms with van der Waals surface area (Å²) in [6.07, 6.45) is 2.55. The van der Waals surface area contributed by atoms with Gasteiger partial charge in [-0.3, -0.25) is 0 Å². The van der Waals surface area contributed by atoms with Crippen molar-refractivity contribution in [2.75, 3.05) is 7.11 Å². The van der Waals surface area contributed by atoms with Crippen LogP contribution in [-0.2, 0) is 6.42 Å². The SMILES string of the molecule is COc1cc(C)c(CCCC#N)c(C)c1C. The predicted octanol–water partition coefficient (Wildman–Crippen LogP) is 3.47. The number of ether oxygens (including phenoxy) is 1. The highest BCUT2D eigenvalue weighted by molar-refractivity contribution is 5.48. The molecular formula is C14H19NO. The average Bonchev–Trinajstić information content (AvgIpc) is 2.28. The van der Waals surface area contributed by atoms with Crippen molar-refractivity contribution >= 4 is 0 Å². The van der Waals surface area contributed by atoms with Crippen LogP contribution in [0.15, 0.2) is 6.07 Å². The van der Waals surface area contributed by atoms with E-state index in [1.807, 2.05) is 0 Å². The lowest BCUT2D eigenvalue weighted by Gasteiger charge is -2.15. The number of nitriles is 1. The van der Waals surface area contributed by atoms with E-state index in [0.29, 0.717) is 6.42 Å². The van der Waals surface area contributed by atoms with Crippen LogP contribution in [0.3, 0.4) is 0 Å². The molecule has 1 aromatic rings. The zero-order valence-corrected chi connectivity index (χ0v) is 10.6. The van der Waals surface area contributed by atoms with E-state index >= 15 is 0 Å². The lowest BCUT2D eigenvalue weighted by atomic mass is 9.94. The number of nitrogens with zero attached hydrogens (tertiary/aromatic N) is 1. The molecule has 0 spiro atoms. The van der Waals surface area contributed by atoms with Gasteiger partial charge in [-0.25, -0.2) is 0 Å². The van der Waals surface area contributed by atoms with Crippen LogP contribution in [0, 0.1) is 32.1 Å². The summed E-state index contributed by atoms with van der Waals surface area (Å²) in [4.78, 5) is 0. The molecule has 0 bridgehead atoms. The quantitative estimate of drug-likeness (QED) is 0.723. The van der Waals surface area contributed by atoms with Crippen LogP contribution in [0.4, 0.5) is 0 Å². The smallest absolute Gasteiger partial charge is 0.122 e. The lowest BCUT2D eigenvalue weighted by Crippen LogP contribution is -1.99. The zero-order valence-electron chi connectivity index (χ0n) is 10.6. The summed E-state index contributed by atoms with van der Waals surface area (Å²) in [7, 11) is 1.70. The Morgan fingerprint density at radius 2 is 1.94 bits per heavy atom. The zero-order chi connectivity index (χ0) is 12.1. The molecule has 0 aliphatic carbocycles. The van der Waals surface area contributed by atoms with Gasteiger partial charge in [-0.2, -0.15) is 5.26 Å². The van der Waals surface area contributed by atoms with Gasteiger partial charge in [0.15, 0.2) is 0 Å². The van der Waals surface area contributed by atoms with Crippen molar-refractivity contribution in [3.8, 4) is 11.8 Å². The summed E-state index contributed by atoms with van der Waals surface area (Å²) in [5, 5.41) is 8.55. The van der Waals surface area contributed by atoms with Crippen LogP contribution in [0.25, 0.3) is 0 Å². The van der Waals surface area contributed by atoms with Crippen LogP contribution in [-0.4, -0.2) is 7.11 Å². The summed E-state index contributed by atoms with van der Waals surface area (Å²) < 4.78 is 5.33. The van der Waals surface area contributed by atoms with Gasteiger partial charge in [0.1, 0.15) is 5.75 Å². The Morgan fingerprint density at radius 3 is 2.50 bits per heavy atom.